The highest BCUT2D eigenvalue weighted by Crippen LogP contribution is 2.20. The number of H-pyrrole nitrogens is 1. The highest BCUT2D eigenvalue weighted by Gasteiger charge is 2.16. The average molecular weight is 436 g/mol. The molecule has 0 fully saturated rings. The van der Waals surface area contributed by atoms with Crippen LogP contribution >= 0.6 is 12.2 Å². The summed E-state index contributed by atoms with van der Waals surface area (Å²) >= 11 is 5.61. The Hall–Kier alpha value is -3.45. The minimum Gasteiger partial charge on any atom is -0.467 e. The third-order valence-corrected chi connectivity index (χ3v) is 5.42. The number of fused-ring (bicyclic) bond motifs is 1. The number of aromatic nitrogens is 1. The van der Waals surface area contributed by atoms with Gasteiger partial charge in [-0.15, -0.1) is 0 Å². The van der Waals surface area contributed by atoms with E-state index >= 15 is 0 Å². The normalized spacial score (nSPS) is 10.9. The summed E-state index contributed by atoms with van der Waals surface area (Å²) in [4.78, 5) is 17.6. The Bertz CT molecular complexity index is 1280. The summed E-state index contributed by atoms with van der Waals surface area (Å²) < 4.78 is 18.7. The molecule has 0 aliphatic carbocycles. The van der Waals surface area contributed by atoms with E-state index in [2.05, 4.69) is 16.4 Å². The summed E-state index contributed by atoms with van der Waals surface area (Å²) in [6.45, 7) is 4.69. The number of pyridine rings is 1. The highest BCUT2D eigenvalue weighted by atomic mass is 32.1. The van der Waals surface area contributed by atoms with E-state index in [1.165, 1.54) is 12.1 Å². The van der Waals surface area contributed by atoms with Gasteiger partial charge in [-0.05, 0) is 85.7 Å². The molecule has 0 spiro atoms. The van der Waals surface area contributed by atoms with Gasteiger partial charge in [-0.1, -0.05) is 6.07 Å². The fraction of sp³-hybridized carbons (Fsp3) is 0.167. The maximum atomic E-state index is 13.2. The Morgan fingerprint density at radius 2 is 1.90 bits per heavy atom. The first-order valence-corrected chi connectivity index (χ1v) is 10.3. The number of hydrogen-bond acceptors (Lipinski definition) is 3. The van der Waals surface area contributed by atoms with Crippen molar-refractivity contribution in [2.75, 3.05) is 5.32 Å². The average Bonchev–Trinajstić information content (AvgIpc) is 3.23. The van der Waals surface area contributed by atoms with Crippen LogP contribution in [0.25, 0.3) is 10.9 Å². The van der Waals surface area contributed by atoms with Gasteiger partial charge in [0.2, 0.25) is 0 Å². The fourth-order valence-electron chi connectivity index (χ4n) is 3.57. The first kappa shape index (κ1) is 20.8. The van der Waals surface area contributed by atoms with Crippen LogP contribution in [-0.2, 0) is 13.1 Å². The van der Waals surface area contributed by atoms with Gasteiger partial charge < -0.3 is 19.6 Å². The number of nitrogens with one attached hydrogen (secondary N) is 2. The molecular weight excluding hydrogens is 413 g/mol. The molecule has 2 N–H and O–H groups in total. The highest BCUT2D eigenvalue weighted by molar-refractivity contribution is 7.80. The number of aromatic amines is 1. The van der Waals surface area contributed by atoms with E-state index in [0.29, 0.717) is 28.7 Å². The lowest BCUT2D eigenvalue weighted by Gasteiger charge is -2.25. The molecule has 5 nitrogen and oxygen atoms in total. The second-order valence-corrected chi connectivity index (χ2v) is 7.93. The molecular formula is C24H22FN3O2S. The molecule has 2 aromatic carbocycles. The molecule has 0 unspecified atom stereocenters. The quantitative estimate of drug-likeness (QED) is 0.418. The van der Waals surface area contributed by atoms with Crippen LogP contribution in [0, 0.1) is 19.7 Å². The van der Waals surface area contributed by atoms with Crippen LogP contribution in [-0.4, -0.2) is 15.0 Å². The zero-order valence-corrected chi connectivity index (χ0v) is 18.1. The third-order valence-electron chi connectivity index (χ3n) is 5.06. The lowest BCUT2D eigenvalue weighted by Crippen LogP contribution is -2.35. The van der Waals surface area contributed by atoms with Crippen LogP contribution < -0.4 is 10.9 Å². The van der Waals surface area contributed by atoms with Gasteiger partial charge in [-0.25, -0.2) is 4.39 Å². The topological polar surface area (TPSA) is 61.3 Å². The van der Waals surface area contributed by atoms with Crippen molar-refractivity contribution in [3.8, 4) is 0 Å². The van der Waals surface area contributed by atoms with Gasteiger partial charge in [-0.2, -0.15) is 0 Å². The number of nitrogens with zero attached hydrogens (tertiary/aromatic N) is 1. The van der Waals surface area contributed by atoms with E-state index < -0.39 is 0 Å². The van der Waals surface area contributed by atoms with Gasteiger partial charge in [0.05, 0.1) is 19.4 Å². The van der Waals surface area contributed by atoms with Crippen molar-refractivity contribution in [2.24, 2.45) is 0 Å². The largest absolute Gasteiger partial charge is 0.467 e. The van der Waals surface area contributed by atoms with Crippen molar-refractivity contribution in [3.63, 3.8) is 0 Å². The number of thiocarbonyl (C=S) groups is 1. The minimum absolute atomic E-state index is 0.161. The van der Waals surface area contributed by atoms with E-state index in [0.717, 1.165) is 22.0 Å². The Kier molecular flexibility index (Phi) is 5.86. The van der Waals surface area contributed by atoms with Crippen LogP contribution in [0.15, 0.2) is 70.1 Å². The first-order valence-electron chi connectivity index (χ1n) is 9.86. The standard InChI is InChI=1S/C24H22FN3O2S/c1-15-10-16(2)21-12-17(23(29)27-22(21)11-15)13-28(14-20-4-3-9-30-20)24(31)26-19-7-5-18(25)6-8-19/h3-12H,13-14H2,1-2H3,(H,26,31)(H,27,29). The van der Waals surface area contributed by atoms with E-state index in [4.69, 9.17) is 16.6 Å². The van der Waals surface area contributed by atoms with Crippen molar-refractivity contribution < 1.29 is 8.81 Å². The van der Waals surface area contributed by atoms with Gasteiger partial charge in [0.15, 0.2) is 5.11 Å². The molecule has 0 bridgehead atoms. The van der Waals surface area contributed by atoms with Crippen LogP contribution in [0.4, 0.5) is 10.1 Å². The summed E-state index contributed by atoms with van der Waals surface area (Å²) in [7, 11) is 0. The second-order valence-electron chi connectivity index (χ2n) is 7.54. The second kappa shape index (κ2) is 8.73. The van der Waals surface area contributed by atoms with Crippen LogP contribution in [0.1, 0.15) is 22.5 Å². The molecule has 0 atom stereocenters. The molecule has 0 saturated heterocycles. The third kappa shape index (κ3) is 4.83. The monoisotopic (exact) mass is 435 g/mol. The summed E-state index contributed by atoms with van der Waals surface area (Å²) in [5.41, 5.74) is 4.10. The number of hydrogen-bond donors (Lipinski definition) is 2. The number of aryl methyl sites for hydroxylation is 2. The molecule has 2 aromatic heterocycles. The molecule has 158 valence electrons. The maximum absolute atomic E-state index is 13.2. The van der Waals surface area contributed by atoms with Crippen molar-refractivity contribution in [2.45, 2.75) is 26.9 Å². The summed E-state index contributed by atoms with van der Waals surface area (Å²) in [5.74, 6) is 0.393. The van der Waals surface area contributed by atoms with Gasteiger partial charge >= 0.3 is 0 Å². The molecule has 2 heterocycles. The van der Waals surface area contributed by atoms with Crippen LogP contribution in [0.2, 0.25) is 0 Å². The number of halogens is 1. The number of benzene rings is 2. The molecule has 0 aliphatic rings. The molecule has 0 amide bonds. The molecule has 7 heteroatoms. The predicted molar refractivity (Wildman–Crippen MR) is 125 cm³/mol. The smallest absolute Gasteiger partial charge is 0.253 e. The van der Waals surface area contributed by atoms with Crippen molar-refractivity contribution in [1.29, 1.82) is 0 Å². The molecule has 4 aromatic rings. The van der Waals surface area contributed by atoms with Gasteiger partial charge in [0.25, 0.3) is 5.56 Å². The lowest BCUT2D eigenvalue weighted by molar-refractivity contribution is 0.359. The van der Waals surface area contributed by atoms with Crippen molar-refractivity contribution >= 4 is 33.9 Å². The van der Waals surface area contributed by atoms with E-state index in [1.807, 2.05) is 36.9 Å². The first-order chi connectivity index (χ1) is 14.9. The Balaban J connectivity index is 1.65. The lowest BCUT2D eigenvalue weighted by atomic mass is 10.0. The Morgan fingerprint density at radius 1 is 1.13 bits per heavy atom. The van der Waals surface area contributed by atoms with Gasteiger partial charge in [0.1, 0.15) is 11.6 Å². The number of rotatable bonds is 5. The minimum atomic E-state index is -0.322. The Labute approximate surface area is 184 Å². The summed E-state index contributed by atoms with van der Waals surface area (Å²) in [6.07, 6.45) is 1.60. The SMILES string of the molecule is Cc1cc(C)c2cc(CN(Cc3ccco3)C(=S)Nc3ccc(F)cc3)c(=O)[nH]c2c1. The van der Waals surface area contributed by atoms with Crippen molar-refractivity contribution in [1.82, 2.24) is 9.88 Å². The molecule has 31 heavy (non-hydrogen) atoms. The molecule has 4 rings (SSSR count). The Morgan fingerprint density at radius 3 is 2.61 bits per heavy atom. The molecule has 0 saturated carbocycles. The maximum Gasteiger partial charge on any atom is 0.253 e. The zero-order chi connectivity index (χ0) is 22.0. The zero-order valence-electron chi connectivity index (χ0n) is 17.2. The van der Waals surface area contributed by atoms with Crippen molar-refractivity contribution in [3.05, 3.63) is 99.5 Å². The van der Waals surface area contributed by atoms with E-state index in [9.17, 15) is 9.18 Å². The predicted octanol–water partition coefficient (Wildman–Crippen LogP) is 5.28. The number of furan rings is 1. The number of anilines is 1. The van der Waals surface area contributed by atoms with Crippen LogP contribution in [0.3, 0.4) is 0 Å². The molecule has 0 radical (unpaired) electrons. The van der Waals surface area contributed by atoms with Gasteiger partial charge in [-0.3, -0.25) is 4.79 Å². The fourth-order valence-corrected chi connectivity index (χ4v) is 3.81. The summed E-state index contributed by atoms with van der Waals surface area (Å²) in [6, 6.07) is 15.6. The van der Waals surface area contributed by atoms with E-state index in [1.54, 1.807) is 24.5 Å². The van der Waals surface area contributed by atoms with E-state index in [-0.39, 0.29) is 17.9 Å². The van der Waals surface area contributed by atoms with Crippen LogP contribution in [0.5, 0.6) is 0 Å². The van der Waals surface area contributed by atoms with Gasteiger partial charge in [0, 0.05) is 22.2 Å². The molecule has 0 aliphatic heterocycles. The summed E-state index contributed by atoms with van der Waals surface area (Å²) in [5, 5.41) is 4.52.